The van der Waals surface area contributed by atoms with Crippen molar-refractivity contribution in [3.63, 3.8) is 0 Å². The van der Waals surface area contributed by atoms with Gasteiger partial charge in [0.05, 0.1) is 5.02 Å². The van der Waals surface area contributed by atoms with E-state index < -0.39 is 15.8 Å². The Morgan fingerprint density at radius 3 is 2.64 bits per heavy atom. The van der Waals surface area contributed by atoms with E-state index in [-0.39, 0.29) is 18.3 Å². The van der Waals surface area contributed by atoms with Gasteiger partial charge in [0.1, 0.15) is 11.9 Å². The van der Waals surface area contributed by atoms with Crippen molar-refractivity contribution in [1.29, 1.82) is 0 Å². The maximum atomic E-state index is 12.6. The molecule has 8 heteroatoms. The molecule has 1 aromatic heterocycles. The molecule has 0 unspecified atom stereocenters. The zero-order valence-corrected chi connectivity index (χ0v) is 17.2. The topological polar surface area (TPSA) is 76.6 Å². The van der Waals surface area contributed by atoms with Crippen LogP contribution in [0.1, 0.15) is 24.0 Å². The van der Waals surface area contributed by atoms with E-state index in [2.05, 4.69) is 4.98 Å². The molecule has 1 aliphatic rings. The number of aryl methyl sites for hydroxylation is 1. The molecular formula is C20H23ClN2O4S. The number of piperidine rings is 1. The van der Waals surface area contributed by atoms with Crippen LogP contribution in [0.5, 0.6) is 5.88 Å². The summed E-state index contributed by atoms with van der Waals surface area (Å²) in [5.74, 6) is -0.293. The lowest BCUT2D eigenvalue weighted by Gasteiger charge is -2.31. The first-order chi connectivity index (χ1) is 13.3. The monoisotopic (exact) mass is 422 g/mol. The summed E-state index contributed by atoms with van der Waals surface area (Å²) in [6.45, 7) is 2.60. The first kappa shape index (κ1) is 20.8. The molecular weight excluding hydrogens is 400 g/mol. The van der Waals surface area contributed by atoms with Gasteiger partial charge in [-0.05, 0) is 31.4 Å². The largest absolute Gasteiger partial charge is 0.474 e. The van der Waals surface area contributed by atoms with Gasteiger partial charge in [-0.3, -0.25) is 4.79 Å². The molecule has 1 aromatic carbocycles. The predicted octanol–water partition coefficient (Wildman–Crippen LogP) is 3.03. The zero-order valence-electron chi connectivity index (χ0n) is 15.7. The van der Waals surface area contributed by atoms with E-state index in [9.17, 15) is 13.2 Å². The van der Waals surface area contributed by atoms with E-state index in [0.717, 1.165) is 11.1 Å². The van der Waals surface area contributed by atoms with Crippen molar-refractivity contribution in [2.24, 2.45) is 0 Å². The molecule has 150 valence electrons. The number of nitrogens with zero attached hydrogens (tertiary/aromatic N) is 2. The summed E-state index contributed by atoms with van der Waals surface area (Å²) in [6.07, 6.45) is 2.63. The molecule has 28 heavy (non-hydrogen) atoms. The average Bonchev–Trinajstić information content (AvgIpc) is 2.63. The standard InChI is InChI=1S/C20H23ClN2O4S/c1-15-3-2-4-16(11-15)12-18(24)14-28(25,26)23-9-7-19(8-10-23)27-20-6-5-17(21)13-22-20/h2-6,11,13,19H,7-10,12,14H2,1H3. The fourth-order valence-electron chi connectivity index (χ4n) is 3.23. The Balaban J connectivity index is 1.51. The Bertz CT molecular complexity index is 923. The fraction of sp³-hybridized carbons (Fsp3) is 0.400. The quantitative estimate of drug-likeness (QED) is 0.685. The lowest BCUT2D eigenvalue weighted by Crippen LogP contribution is -2.44. The number of carbonyl (C=O) groups is 1. The Morgan fingerprint density at radius 1 is 1.25 bits per heavy atom. The van der Waals surface area contributed by atoms with Gasteiger partial charge in [-0.15, -0.1) is 0 Å². The van der Waals surface area contributed by atoms with Crippen LogP contribution < -0.4 is 4.74 Å². The number of benzene rings is 1. The first-order valence-corrected chi connectivity index (χ1v) is 11.1. The lowest BCUT2D eigenvalue weighted by atomic mass is 10.1. The maximum Gasteiger partial charge on any atom is 0.221 e. The molecule has 0 amide bonds. The Labute approximate surface area is 170 Å². The van der Waals surface area contributed by atoms with Crippen LogP contribution in [-0.2, 0) is 21.2 Å². The van der Waals surface area contributed by atoms with E-state index >= 15 is 0 Å². The highest BCUT2D eigenvalue weighted by Crippen LogP contribution is 2.20. The molecule has 2 aromatic rings. The second-order valence-electron chi connectivity index (χ2n) is 6.99. The molecule has 1 aliphatic heterocycles. The normalized spacial score (nSPS) is 16.1. The summed E-state index contributed by atoms with van der Waals surface area (Å²) in [5.41, 5.74) is 1.88. The fourth-order valence-corrected chi connectivity index (χ4v) is 4.80. The predicted molar refractivity (Wildman–Crippen MR) is 108 cm³/mol. The van der Waals surface area contributed by atoms with E-state index in [1.165, 1.54) is 10.5 Å². The minimum Gasteiger partial charge on any atom is -0.474 e. The minimum atomic E-state index is -3.62. The number of sulfonamides is 1. The van der Waals surface area contributed by atoms with Crippen molar-refractivity contribution in [3.8, 4) is 5.88 Å². The SMILES string of the molecule is Cc1cccc(CC(=O)CS(=O)(=O)N2CCC(Oc3ccc(Cl)cn3)CC2)c1. The average molecular weight is 423 g/mol. The minimum absolute atomic E-state index is 0.108. The summed E-state index contributed by atoms with van der Waals surface area (Å²) in [4.78, 5) is 16.4. The second-order valence-corrected chi connectivity index (χ2v) is 9.40. The number of hydrogen-bond acceptors (Lipinski definition) is 5. The van der Waals surface area contributed by atoms with Gasteiger partial charge >= 0.3 is 0 Å². The molecule has 0 saturated carbocycles. The summed E-state index contributed by atoms with van der Waals surface area (Å²) in [6, 6.07) is 10.9. The summed E-state index contributed by atoms with van der Waals surface area (Å²) in [7, 11) is -3.62. The molecule has 0 spiro atoms. The maximum absolute atomic E-state index is 12.6. The van der Waals surface area contributed by atoms with Gasteiger partial charge in [0.25, 0.3) is 0 Å². The molecule has 0 atom stereocenters. The highest BCUT2D eigenvalue weighted by molar-refractivity contribution is 7.89. The molecule has 3 rings (SSSR count). The molecule has 6 nitrogen and oxygen atoms in total. The molecule has 2 heterocycles. The molecule has 0 radical (unpaired) electrons. The van der Waals surface area contributed by atoms with Gasteiger partial charge in [0, 0.05) is 31.8 Å². The Kier molecular flexibility index (Phi) is 6.69. The van der Waals surface area contributed by atoms with Gasteiger partial charge in [0.15, 0.2) is 5.78 Å². The number of ketones is 1. The smallest absolute Gasteiger partial charge is 0.221 e. The number of ether oxygens (including phenoxy) is 1. The molecule has 0 bridgehead atoms. The van der Waals surface area contributed by atoms with E-state index in [1.807, 2.05) is 31.2 Å². The van der Waals surface area contributed by atoms with Gasteiger partial charge < -0.3 is 4.74 Å². The Morgan fingerprint density at radius 2 is 2.00 bits per heavy atom. The van der Waals surface area contributed by atoms with E-state index in [4.69, 9.17) is 16.3 Å². The van der Waals surface area contributed by atoms with Crippen LogP contribution in [-0.4, -0.2) is 48.4 Å². The van der Waals surface area contributed by atoms with Gasteiger partial charge in [0.2, 0.25) is 15.9 Å². The molecule has 0 aliphatic carbocycles. The summed E-state index contributed by atoms with van der Waals surface area (Å²) >= 11 is 5.80. The zero-order chi connectivity index (χ0) is 20.1. The molecule has 1 saturated heterocycles. The van der Waals surface area contributed by atoms with Crippen molar-refractivity contribution >= 4 is 27.4 Å². The van der Waals surface area contributed by atoms with Gasteiger partial charge in [-0.2, -0.15) is 0 Å². The number of aromatic nitrogens is 1. The van der Waals surface area contributed by atoms with Crippen LogP contribution in [0.25, 0.3) is 0 Å². The summed E-state index contributed by atoms with van der Waals surface area (Å²) in [5, 5.41) is 0.531. The van der Waals surface area contributed by atoms with E-state index in [0.29, 0.717) is 36.8 Å². The van der Waals surface area contributed by atoms with Crippen molar-refractivity contribution in [2.75, 3.05) is 18.8 Å². The third-order valence-electron chi connectivity index (χ3n) is 4.61. The number of carbonyl (C=O) groups excluding carboxylic acids is 1. The van der Waals surface area contributed by atoms with Crippen molar-refractivity contribution in [1.82, 2.24) is 9.29 Å². The third kappa shape index (κ3) is 5.77. The summed E-state index contributed by atoms with van der Waals surface area (Å²) < 4.78 is 32.4. The van der Waals surface area contributed by atoms with Crippen LogP contribution in [0.3, 0.4) is 0 Å². The Hall–Kier alpha value is -1.96. The second kappa shape index (κ2) is 9.03. The van der Waals surface area contributed by atoms with Crippen molar-refractivity contribution in [2.45, 2.75) is 32.3 Å². The first-order valence-electron chi connectivity index (χ1n) is 9.15. The number of hydrogen-bond donors (Lipinski definition) is 0. The van der Waals surface area contributed by atoms with Crippen LogP contribution in [0.15, 0.2) is 42.6 Å². The van der Waals surface area contributed by atoms with Crippen LogP contribution in [0, 0.1) is 6.92 Å². The van der Waals surface area contributed by atoms with Crippen LogP contribution in [0.4, 0.5) is 0 Å². The number of pyridine rings is 1. The highest BCUT2D eigenvalue weighted by Gasteiger charge is 2.30. The van der Waals surface area contributed by atoms with Crippen LogP contribution >= 0.6 is 11.6 Å². The molecule has 1 fully saturated rings. The number of halogens is 1. The van der Waals surface area contributed by atoms with Crippen molar-refractivity contribution in [3.05, 3.63) is 58.7 Å². The highest BCUT2D eigenvalue weighted by atomic mass is 35.5. The molecule has 0 N–H and O–H groups in total. The number of Topliss-reactive ketones (excluding diaryl/α,β-unsaturated/α-hetero) is 1. The number of rotatable bonds is 7. The van der Waals surface area contributed by atoms with Crippen LogP contribution in [0.2, 0.25) is 5.02 Å². The third-order valence-corrected chi connectivity index (χ3v) is 6.67. The lowest BCUT2D eigenvalue weighted by molar-refractivity contribution is -0.116. The van der Waals surface area contributed by atoms with Crippen molar-refractivity contribution < 1.29 is 17.9 Å². The van der Waals surface area contributed by atoms with Gasteiger partial charge in [-0.1, -0.05) is 41.4 Å². The van der Waals surface area contributed by atoms with E-state index in [1.54, 1.807) is 12.1 Å². The van der Waals surface area contributed by atoms with Gasteiger partial charge in [-0.25, -0.2) is 17.7 Å².